The molecule has 1 unspecified atom stereocenters. The minimum Gasteiger partial charge on any atom is -0.332 e. The van der Waals surface area contributed by atoms with E-state index in [2.05, 4.69) is 16.9 Å². The second-order valence-electron chi connectivity index (χ2n) is 7.59. The summed E-state index contributed by atoms with van der Waals surface area (Å²) in [5, 5.41) is 0.324. The quantitative estimate of drug-likeness (QED) is 0.486. The molecule has 1 aliphatic rings. The van der Waals surface area contributed by atoms with Gasteiger partial charge in [0.2, 0.25) is 5.91 Å². The molecular weight excluding hydrogens is 444 g/mol. The lowest BCUT2D eigenvalue weighted by Gasteiger charge is -2.23. The number of para-hydroxylation sites is 1. The normalized spacial score (nSPS) is 16.4. The smallest absolute Gasteiger partial charge is 0.261 e. The van der Waals surface area contributed by atoms with Gasteiger partial charge in [0.05, 0.1) is 21.6 Å². The third kappa shape index (κ3) is 5.03. The highest BCUT2D eigenvalue weighted by atomic mass is 35.5. The van der Waals surface area contributed by atoms with E-state index in [1.54, 1.807) is 48.6 Å². The average molecular weight is 467 g/mol. The zero-order chi connectivity index (χ0) is 22.6. The predicted octanol–water partition coefficient (Wildman–Crippen LogP) is 5.52. The summed E-state index contributed by atoms with van der Waals surface area (Å²) in [7, 11) is -3.77. The molecule has 0 radical (unpaired) electrons. The fraction of sp³-hybridized carbons (Fsp3) is 0.160. The van der Waals surface area contributed by atoms with Gasteiger partial charge in [-0.25, -0.2) is 8.42 Å². The zero-order valence-electron chi connectivity index (χ0n) is 17.3. The van der Waals surface area contributed by atoms with Crippen molar-refractivity contribution in [3.05, 3.63) is 101 Å². The Morgan fingerprint density at radius 2 is 1.66 bits per heavy atom. The largest absolute Gasteiger partial charge is 0.332 e. The van der Waals surface area contributed by atoms with E-state index in [1.165, 1.54) is 12.1 Å². The van der Waals surface area contributed by atoms with Crippen LogP contribution < -0.4 is 4.72 Å². The maximum absolute atomic E-state index is 12.8. The first-order valence-corrected chi connectivity index (χ1v) is 12.2. The van der Waals surface area contributed by atoms with Gasteiger partial charge in [0.15, 0.2) is 0 Å². The van der Waals surface area contributed by atoms with Gasteiger partial charge in [-0.2, -0.15) is 0 Å². The Morgan fingerprint density at radius 1 is 0.969 bits per heavy atom. The molecule has 0 spiro atoms. The van der Waals surface area contributed by atoms with Crippen LogP contribution in [0.3, 0.4) is 0 Å². The van der Waals surface area contributed by atoms with Crippen LogP contribution in [0.5, 0.6) is 0 Å². The number of halogens is 1. The second-order valence-corrected chi connectivity index (χ2v) is 9.68. The van der Waals surface area contributed by atoms with E-state index >= 15 is 0 Å². The predicted molar refractivity (Wildman–Crippen MR) is 128 cm³/mol. The molecule has 0 saturated carbocycles. The Morgan fingerprint density at radius 3 is 2.38 bits per heavy atom. The van der Waals surface area contributed by atoms with Crippen LogP contribution in [0.25, 0.3) is 6.08 Å². The molecule has 4 rings (SSSR count). The summed E-state index contributed by atoms with van der Waals surface area (Å²) in [4.78, 5) is 14.8. The van der Waals surface area contributed by atoms with Gasteiger partial charge < -0.3 is 4.90 Å². The van der Waals surface area contributed by atoms with Gasteiger partial charge in [-0.3, -0.25) is 9.52 Å². The highest BCUT2D eigenvalue weighted by Gasteiger charge is 2.28. The second kappa shape index (κ2) is 9.59. The van der Waals surface area contributed by atoms with E-state index < -0.39 is 10.0 Å². The van der Waals surface area contributed by atoms with E-state index in [-0.39, 0.29) is 16.8 Å². The van der Waals surface area contributed by atoms with Crippen LogP contribution in [0.2, 0.25) is 5.02 Å². The van der Waals surface area contributed by atoms with Crippen molar-refractivity contribution in [2.75, 3.05) is 11.3 Å². The molecule has 0 aromatic heterocycles. The number of rotatable bonds is 6. The van der Waals surface area contributed by atoms with Gasteiger partial charge in [-0.05, 0) is 54.3 Å². The molecule has 3 aromatic carbocycles. The molecule has 1 N–H and O–H groups in total. The number of nitrogens with zero attached hydrogens (tertiary/aromatic N) is 1. The molecule has 164 valence electrons. The minimum atomic E-state index is -3.77. The third-order valence-electron chi connectivity index (χ3n) is 5.45. The lowest BCUT2D eigenvalue weighted by atomic mass is 10.0. The van der Waals surface area contributed by atoms with Crippen molar-refractivity contribution in [3.63, 3.8) is 0 Å². The van der Waals surface area contributed by atoms with E-state index in [9.17, 15) is 13.2 Å². The fourth-order valence-electron chi connectivity index (χ4n) is 3.82. The van der Waals surface area contributed by atoms with Crippen LogP contribution >= 0.6 is 11.6 Å². The summed E-state index contributed by atoms with van der Waals surface area (Å²) in [5.74, 6) is -0.0477. The molecule has 1 heterocycles. The zero-order valence-corrected chi connectivity index (χ0v) is 18.9. The van der Waals surface area contributed by atoms with E-state index in [4.69, 9.17) is 11.6 Å². The number of carbonyl (C=O) groups is 1. The van der Waals surface area contributed by atoms with Crippen molar-refractivity contribution in [3.8, 4) is 0 Å². The number of sulfonamides is 1. The van der Waals surface area contributed by atoms with E-state index in [0.29, 0.717) is 10.7 Å². The molecule has 7 heteroatoms. The van der Waals surface area contributed by atoms with Gasteiger partial charge in [-0.1, -0.05) is 66.2 Å². The van der Waals surface area contributed by atoms with Gasteiger partial charge in [-0.15, -0.1) is 0 Å². The number of nitrogens with one attached hydrogen (secondary N) is 1. The van der Waals surface area contributed by atoms with Crippen molar-refractivity contribution in [1.82, 2.24) is 4.90 Å². The third-order valence-corrected chi connectivity index (χ3v) is 7.16. The number of carbonyl (C=O) groups excluding carboxylic acids is 1. The number of anilines is 1. The summed E-state index contributed by atoms with van der Waals surface area (Å²) in [5.41, 5.74) is 2.21. The van der Waals surface area contributed by atoms with E-state index in [0.717, 1.165) is 30.5 Å². The van der Waals surface area contributed by atoms with Crippen LogP contribution in [-0.4, -0.2) is 25.8 Å². The van der Waals surface area contributed by atoms with Crippen molar-refractivity contribution >= 4 is 39.3 Å². The molecule has 1 amide bonds. The Balaban J connectivity index is 1.44. The first-order chi connectivity index (χ1) is 15.4. The molecule has 0 bridgehead atoms. The number of likely N-dealkylation sites (tertiary alicyclic amines) is 1. The Kier molecular flexibility index (Phi) is 6.63. The van der Waals surface area contributed by atoms with Crippen LogP contribution in [0.15, 0.2) is 89.8 Å². The molecule has 1 aliphatic heterocycles. The minimum absolute atomic E-state index is 0.0477. The molecule has 1 saturated heterocycles. The number of benzene rings is 3. The molecule has 1 atom stereocenters. The molecule has 3 aromatic rings. The summed E-state index contributed by atoms with van der Waals surface area (Å²) in [6, 6.07) is 23.2. The number of hydrogen-bond acceptors (Lipinski definition) is 3. The van der Waals surface area contributed by atoms with Crippen LogP contribution in [0.4, 0.5) is 5.69 Å². The Labute approximate surface area is 193 Å². The fourth-order valence-corrected chi connectivity index (χ4v) is 5.14. The first kappa shape index (κ1) is 22.1. The summed E-state index contributed by atoms with van der Waals surface area (Å²) >= 11 is 6.05. The average Bonchev–Trinajstić information content (AvgIpc) is 3.30. The highest BCUT2D eigenvalue weighted by Crippen LogP contribution is 2.32. The van der Waals surface area contributed by atoms with Gasteiger partial charge in [0.25, 0.3) is 10.0 Å². The van der Waals surface area contributed by atoms with Gasteiger partial charge in [0, 0.05) is 12.6 Å². The molecular formula is C25H23ClN2O3S. The molecule has 5 nitrogen and oxygen atoms in total. The molecule has 0 aliphatic carbocycles. The number of hydrogen-bond donors (Lipinski definition) is 1. The maximum Gasteiger partial charge on any atom is 0.261 e. The topological polar surface area (TPSA) is 66.5 Å². The van der Waals surface area contributed by atoms with Crippen molar-refractivity contribution in [1.29, 1.82) is 0 Å². The summed E-state index contributed by atoms with van der Waals surface area (Å²) in [6.45, 7) is 0.730. The van der Waals surface area contributed by atoms with Crippen LogP contribution in [0, 0.1) is 0 Å². The van der Waals surface area contributed by atoms with E-state index in [1.807, 2.05) is 23.1 Å². The van der Waals surface area contributed by atoms with Gasteiger partial charge in [0.1, 0.15) is 0 Å². The molecule has 32 heavy (non-hydrogen) atoms. The monoisotopic (exact) mass is 466 g/mol. The highest BCUT2D eigenvalue weighted by molar-refractivity contribution is 7.92. The Hall–Kier alpha value is -3.09. The Bertz CT molecular complexity index is 1230. The first-order valence-electron chi connectivity index (χ1n) is 10.3. The number of amides is 1. The lowest BCUT2D eigenvalue weighted by molar-refractivity contribution is -0.126. The maximum atomic E-state index is 12.8. The van der Waals surface area contributed by atoms with Gasteiger partial charge >= 0.3 is 0 Å². The van der Waals surface area contributed by atoms with Crippen LogP contribution in [-0.2, 0) is 14.8 Å². The summed E-state index contributed by atoms with van der Waals surface area (Å²) in [6.07, 6.45) is 5.19. The van der Waals surface area contributed by atoms with Crippen LogP contribution in [0.1, 0.15) is 30.0 Å². The molecule has 1 fully saturated rings. The summed E-state index contributed by atoms with van der Waals surface area (Å²) < 4.78 is 27.7. The standard InChI is InChI=1S/C25H23ClN2O3S/c26-22-9-4-5-10-23(22)27-32(30,31)21-15-12-19(13-16-21)14-17-25(29)28-18-6-11-24(28)20-7-2-1-3-8-20/h1-5,7-10,12-17,24,27H,6,11,18H2/b17-14+. The van der Waals surface area contributed by atoms with Crippen molar-refractivity contribution in [2.24, 2.45) is 0 Å². The van der Waals surface area contributed by atoms with Crippen molar-refractivity contribution < 1.29 is 13.2 Å². The lowest BCUT2D eigenvalue weighted by Crippen LogP contribution is -2.28. The SMILES string of the molecule is O=C(/C=C/c1ccc(S(=O)(=O)Nc2ccccc2Cl)cc1)N1CCCC1c1ccccc1. The van der Waals surface area contributed by atoms with Crippen molar-refractivity contribution in [2.45, 2.75) is 23.8 Å².